The highest BCUT2D eigenvalue weighted by molar-refractivity contribution is 5.99. The first-order chi connectivity index (χ1) is 14.0. The number of carbonyl (C=O) groups excluding carboxylic acids is 1. The van der Waals surface area contributed by atoms with Crippen LogP contribution < -0.4 is 4.74 Å². The highest BCUT2D eigenvalue weighted by Crippen LogP contribution is 2.39. The molecule has 4 nitrogen and oxygen atoms in total. The maximum Gasteiger partial charge on any atom is 0.207 e. The van der Waals surface area contributed by atoms with E-state index >= 15 is 0 Å². The van der Waals surface area contributed by atoms with Gasteiger partial charge in [-0.3, -0.25) is 4.79 Å². The van der Waals surface area contributed by atoms with Gasteiger partial charge in [0.1, 0.15) is 0 Å². The van der Waals surface area contributed by atoms with Crippen LogP contribution in [0.3, 0.4) is 0 Å². The summed E-state index contributed by atoms with van der Waals surface area (Å²) in [7, 11) is 0. The Kier molecular flexibility index (Phi) is 7.93. The third-order valence-corrected chi connectivity index (χ3v) is 6.75. The Labute approximate surface area is 173 Å². The number of hydrogen-bond donors (Lipinski definition) is 1. The molecule has 29 heavy (non-hydrogen) atoms. The van der Waals surface area contributed by atoms with Crippen molar-refractivity contribution in [3.8, 4) is 11.5 Å². The first kappa shape index (κ1) is 22.1. The highest BCUT2D eigenvalue weighted by Gasteiger charge is 2.32. The monoisotopic (exact) mass is 406 g/mol. The number of aromatic hydroxyl groups is 1. The quantitative estimate of drug-likeness (QED) is 0.546. The summed E-state index contributed by atoms with van der Waals surface area (Å²) in [6.45, 7) is 5.01. The number of carbonyl (C=O) groups is 1. The molecule has 162 valence electrons. The second kappa shape index (κ2) is 10.4. The molecule has 1 saturated heterocycles. The number of phenolic OH excluding ortho intramolecular Hbond substituents is 1. The molecule has 0 radical (unpaired) electrons. The molecule has 0 amide bonds. The van der Waals surface area contributed by atoms with E-state index in [-0.39, 0.29) is 29.6 Å². The van der Waals surface area contributed by atoms with E-state index in [1.807, 2.05) is 0 Å². The van der Waals surface area contributed by atoms with Gasteiger partial charge >= 0.3 is 0 Å². The molecule has 1 heterocycles. The van der Waals surface area contributed by atoms with Gasteiger partial charge in [0.05, 0.1) is 24.9 Å². The Bertz CT molecular complexity index is 674. The lowest BCUT2D eigenvalue weighted by Crippen LogP contribution is -2.33. The van der Waals surface area contributed by atoms with Crippen LogP contribution in [0.5, 0.6) is 11.5 Å². The van der Waals surface area contributed by atoms with Crippen molar-refractivity contribution < 1.29 is 23.8 Å². The van der Waals surface area contributed by atoms with Gasteiger partial charge in [0.15, 0.2) is 17.3 Å². The van der Waals surface area contributed by atoms with Gasteiger partial charge in [-0.05, 0) is 62.5 Å². The molecule has 1 saturated carbocycles. The largest absolute Gasteiger partial charge is 0.504 e. The van der Waals surface area contributed by atoms with E-state index in [1.54, 1.807) is 6.92 Å². The van der Waals surface area contributed by atoms with Gasteiger partial charge in [-0.15, -0.1) is 0 Å². The zero-order valence-electron chi connectivity index (χ0n) is 17.8. The average Bonchev–Trinajstić information content (AvgIpc) is 2.73. The van der Waals surface area contributed by atoms with Crippen LogP contribution in [0.4, 0.5) is 4.39 Å². The SMILES string of the molecule is CCCC1CCC(C2CCC(CC(=O)c3ccc(OCC)c(F)c3O)OC2)CC1. The Morgan fingerprint density at radius 3 is 2.48 bits per heavy atom. The van der Waals surface area contributed by atoms with Crippen molar-refractivity contribution in [2.45, 2.75) is 77.7 Å². The average molecular weight is 407 g/mol. The van der Waals surface area contributed by atoms with E-state index in [4.69, 9.17) is 9.47 Å². The van der Waals surface area contributed by atoms with Crippen molar-refractivity contribution in [2.75, 3.05) is 13.2 Å². The molecule has 0 spiro atoms. The molecular weight excluding hydrogens is 371 g/mol. The number of benzene rings is 1. The summed E-state index contributed by atoms with van der Waals surface area (Å²) < 4.78 is 25.3. The molecule has 1 aliphatic heterocycles. The van der Waals surface area contributed by atoms with Crippen molar-refractivity contribution in [1.29, 1.82) is 0 Å². The standard InChI is InChI=1S/C24H35FO4/c1-3-5-16-6-8-17(9-7-16)18-10-11-19(29-15-18)14-21(26)20-12-13-22(28-4-2)23(25)24(20)27/h12-13,16-19,27H,3-11,14-15H2,1-2H3. The third-order valence-electron chi connectivity index (χ3n) is 6.75. The minimum atomic E-state index is -0.874. The minimum absolute atomic E-state index is 0.00548. The molecule has 2 unspecified atom stereocenters. The number of phenols is 1. The molecule has 2 atom stereocenters. The van der Waals surface area contributed by atoms with E-state index in [1.165, 1.54) is 50.7 Å². The van der Waals surface area contributed by atoms with E-state index < -0.39 is 11.6 Å². The van der Waals surface area contributed by atoms with Crippen molar-refractivity contribution >= 4 is 5.78 Å². The van der Waals surface area contributed by atoms with Gasteiger partial charge < -0.3 is 14.6 Å². The molecule has 0 aromatic heterocycles. The predicted molar refractivity (Wildman–Crippen MR) is 111 cm³/mol. The zero-order chi connectivity index (χ0) is 20.8. The lowest BCUT2D eigenvalue weighted by atomic mass is 9.73. The number of ketones is 1. The molecule has 1 aromatic carbocycles. The number of halogens is 1. The Hall–Kier alpha value is -1.62. The van der Waals surface area contributed by atoms with Gasteiger partial charge in [0, 0.05) is 6.42 Å². The Balaban J connectivity index is 1.48. The maximum absolute atomic E-state index is 14.2. The minimum Gasteiger partial charge on any atom is -0.504 e. The van der Waals surface area contributed by atoms with E-state index in [0.717, 1.165) is 24.7 Å². The fourth-order valence-corrected chi connectivity index (χ4v) is 5.07. The fraction of sp³-hybridized carbons (Fsp3) is 0.708. The summed E-state index contributed by atoms with van der Waals surface area (Å²) in [6.07, 6.45) is 9.92. The van der Waals surface area contributed by atoms with Crippen molar-refractivity contribution in [2.24, 2.45) is 17.8 Å². The van der Waals surface area contributed by atoms with Crippen molar-refractivity contribution in [3.63, 3.8) is 0 Å². The van der Waals surface area contributed by atoms with Crippen LogP contribution in [-0.2, 0) is 4.74 Å². The third kappa shape index (κ3) is 5.50. The molecule has 5 heteroatoms. The first-order valence-electron chi connectivity index (χ1n) is 11.3. The zero-order valence-corrected chi connectivity index (χ0v) is 17.8. The first-order valence-corrected chi connectivity index (χ1v) is 11.3. The summed E-state index contributed by atoms with van der Waals surface area (Å²) in [5.74, 6) is 0.442. The highest BCUT2D eigenvalue weighted by atomic mass is 19.1. The summed E-state index contributed by atoms with van der Waals surface area (Å²) in [5.41, 5.74) is 0.00548. The second-order valence-corrected chi connectivity index (χ2v) is 8.70. The van der Waals surface area contributed by atoms with Gasteiger partial charge in [-0.25, -0.2) is 0 Å². The molecule has 2 fully saturated rings. The maximum atomic E-state index is 14.2. The van der Waals surface area contributed by atoms with Crippen LogP contribution in [0.25, 0.3) is 0 Å². The summed E-state index contributed by atoms with van der Waals surface area (Å²) in [6, 6.07) is 2.84. The topological polar surface area (TPSA) is 55.8 Å². The van der Waals surface area contributed by atoms with Crippen molar-refractivity contribution in [1.82, 2.24) is 0 Å². The van der Waals surface area contributed by atoms with Crippen LogP contribution in [0.2, 0.25) is 0 Å². The smallest absolute Gasteiger partial charge is 0.207 e. The molecule has 3 rings (SSSR count). The Morgan fingerprint density at radius 2 is 1.86 bits per heavy atom. The molecule has 2 aliphatic rings. The lowest BCUT2D eigenvalue weighted by molar-refractivity contribution is -0.0387. The van der Waals surface area contributed by atoms with E-state index in [9.17, 15) is 14.3 Å². The normalized spacial score (nSPS) is 27.6. The molecule has 1 aliphatic carbocycles. The van der Waals surface area contributed by atoms with Crippen LogP contribution in [-0.4, -0.2) is 30.2 Å². The van der Waals surface area contributed by atoms with Gasteiger partial charge in [-0.2, -0.15) is 4.39 Å². The molecule has 1 aromatic rings. The predicted octanol–water partition coefficient (Wildman–Crippen LogP) is 5.90. The number of ether oxygens (including phenoxy) is 2. The van der Waals surface area contributed by atoms with Crippen LogP contribution >= 0.6 is 0 Å². The second-order valence-electron chi connectivity index (χ2n) is 8.70. The summed E-state index contributed by atoms with van der Waals surface area (Å²) >= 11 is 0. The number of rotatable bonds is 8. The molecule has 1 N–H and O–H groups in total. The fourth-order valence-electron chi connectivity index (χ4n) is 5.07. The van der Waals surface area contributed by atoms with Crippen LogP contribution in [0, 0.1) is 23.6 Å². The molecular formula is C24H35FO4. The number of hydrogen-bond acceptors (Lipinski definition) is 4. The molecule has 0 bridgehead atoms. The van der Waals surface area contributed by atoms with Crippen molar-refractivity contribution in [3.05, 3.63) is 23.5 Å². The van der Waals surface area contributed by atoms with Gasteiger partial charge in [0.25, 0.3) is 0 Å². The lowest BCUT2D eigenvalue weighted by Gasteiger charge is -2.37. The summed E-state index contributed by atoms with van der Waals surface area (Å²) in [5, 5.41) is 10.1. The number of Topliss-reactive ketones (excluding diaryl/α,β-unsaturated/α-hetero) is 1. The van der Waals surface area contributed by atoms with Crippen LogP contribution in [0.15, 0.2) is 12.1 Å². The Morgan fingerprint density at radius 1 is 1.14 bits per heavy atom. The van der Waals surface area contributed by atoms with E-state index in [2.05, 4.69) is 6.92 Å². The van der Waals surface area contributed by atoms with Gasteiger partial charge in [-0.1, -0.05) is 32.6 Å². The summed E-state index contributed by atoms with van der Waals surface area (Å²) in [4.78, 5) is 12.6. The van der Waals surface area contributed by atoms with Crippen LogP contribution in [0.1, 0.15) is 82.0 Å². The van der Waals surface area contributed by atoms with E-state index in [0.29, 0.717) is 19.1 Å². The van der Waals surface area contributed by atoms with Gasteiger partial charge in [0.2, 0.25) is 5.82 Å².